The third-order valence-electron chi connectivity index (χ3n) is 7.56. The number of pyridine rings is 1. The number of nitriles is 1. The van der Waals surface area contributed by atoms with E-state index in [9.17, 15) is 28.0 Å². The molecule has 1 amide bonds. The quantitative estimate of drug-likeness (QED) is 0.192. The number of alkyl halides is 3. The lowest BCUT2D eigenvalue weighted by molar-refractivity contribution is -0.167. The molecule has 5 rings (SSSR count). The van der Waals surface area contributed by atoms with E-state index in [2.05, 4.69) is 10.3 Å². The summed E-state index contributed by atoms with van der Waals surface area (Å²) in [6.45, 7) is -1.09. The highest BCUT2D eigenvalue weighted by Crippen LogP contribution is 2.35. The van der Waals surface area contributed by atoms with Crippen molar-refractivity contribution in [1.29, 1.82) is 5.26 Å². The van der Waals surface area contributed by atoms with Crippen LogP contribution in [-0.2, 0) is 20.7 Å². The average Bonchev–Trinajstić information content (AvgIpc) is 3.03. The van der Waals surface area contributed by atoms with E-state index in [0.717, 1.165) is 12.0 Å². The molecule has 2 atom stereocenters. The Balaban J connectivity index is 1.44. The number of morpholine rings is 1. The molecule has 1 aliphatic rings. The van der Waals surface area contributed by atoms with Crippen molar-refractivity contribution in [2.75, 3.05) is 31.8 Å². The SMILES string of the molecule is COC(=O)[C@H](Cc1ccc(-c2ccc(C#N)cc2Cl)c2ncccc12)NC(=O)c1c(F)cc(N2CCOC[C@@H]2C(F)(F)F)cc1F. The van der Waals surface area contributed by atoms with Crippen LogP contribution in [0.25, 0.3) is 22.0 Å². The smallest absolute Gasteiger partial charge is 0.411 e. The lowest BCUT2D eigenvalue weighted by atomic mass is 9.94. The highest BCUT2D eigenvalue weighted by molar-refractivity contribution is 6.33. The van der Waals surface area contributed by atoms with E-state index >= 15 is 8.78 Å². The molecule has 8 nitrogen and oxygen atoms in total. The minimum atomic E-state index is -4.73. The van der Waals surface area contributed by atoms with Crippen molar-refractivity contribution in [3.05, 3.63) is 94.1 Å². The molecule has 0 saturated carbocycles. The summed E-state index contributed by atoms with van der Waals surface area (Å²) in [5, 5.41) is 12.4. The molecule has 1 fully saturated rings. The Morgan fingerprint density at radius 1 is 1.15 bits per heavy atom. The van der Waals surface area contributed by atoms with Crippen LogP contribution < -0.4 is 10.2 Å². The van der Waals surface area contributed by atoms with E-state index < -0.39 is 59.6 Å². The van der Waals surface area contributed by atoms with Crippen LogP contribution in [-0.4, -0.2) is 62.0 Å². The number of benzene rings is 3. The standard InChI is InChI=1S/C32H24ClF5N4O4/c1-45-31(44)26(12-18-5-7-22(29-20(18)3-2-8-40-29)21-6-4-17(15-39)11-23(21)33)41-30(43)28-24(34)13-19(14-25(28)35)42-9-10-46-16-27(42)32(36,37)38/h2-8,11,13-14,26-27H,9-10,12,16H2,1H3,(H,41,43)/t26-,27+/m0/s1. The van der Waals surface area contributed by atoms with Crippen LogP contribution in [0, 0.1) is 23.0 Å². The molecule has 1 aliphatic heterocycles. The molecule has 238 valence electrons. The predicted molar refractivity (Wildman–Crippen MR) is 158 cm³/mol. The number of esters is 1. The molecule has 0 aliphatic carbocycles. The van der Waals surface area contributed by atoms with Gasteiger partial charge in [-0.2, -0.15) is 18.4 Å². The van der Waals surface area contributed by atoms with Gasteiger partial charge in [-0.05, 0) is 35.9 Å². The number of fused-ring (bicyclic) bond motifs is 1. The first kappa shape index (κ1) is 32.6. The zero-order chi connectivity index (χ0) is 33.2. The summed E-state index contributed by atoms with van der Waals surface area (Å²) in [5.41, 5.74) is 1.12. The molecule has 0 unspecified atom stereocenters. The molecular formula is C32H24ClF5N4O4. The first-order chi connectivity index (χ1) is 21.9. The Morgan fingerprint density at radius 2 is 1.87 bits per heavy atom. The molecule has 2 heterocycles. The highest BCUT2D eigenvalue weighted by atomic mass is 35.5. The first-order valence-corrected chi connectivity index (χ1v) is 14.2. The number of carbonyl (C=O) groups excluding carboxylic acids is 2. The van der Waals surface area contributed by atoms with Gasteiger partial charge in [0.2, 0.25) is 0 Å². The van der Waals surface area contributed by atoms with Crippen molar-refractivity contribution in [3.8, 4) is 17.2 Å². The minimum absolute atomic E-state index is 0.0927. The molecule has 0 bridgehead atoms. The van der Waals surface area contributed by atoms with Crippen LogP contribution in [0.15, 0.2) is 60.8 Å². The average molecular weight is 659 g/mol. The normalized spacial score (nSPS) is 15.7. The number of aromatic nitrogens is 1. The topological polar surface area (TPSA) is 105 Å². The fraction of sp³-hybridized carbons (Fsp3) is 0.250. The molecule has 1 aromatic heterocycles. The number of methoxy groups -OCH3 is 1. The van der Waals surface area contributed by atoms with Crippen molar-refractivity contribution in [2.24, 2.45) is 0 Å². The van der Waals surface area contributed by atoms with Crippen molar-refractivity contribution in [2.45, 2.75) is 24.7 Å². The number of carbonyl (C=O) groups is 2. The number of halogens is 6. The van der Waals surface area contributed by atoms with Gasteiger partial charge >= 0.3 is 12.1 Å². The maximum atomic E-state index is 15.2. The predicted octanol–water partition coefficient (Wildman–Crippen LogP) is 5.99. The molecule has 1 N–H and O–H groups in total. The number of nitrogens with zero attached hydrogens (tertiary/aromatic N) is 3. The van der Waals surface area contributed by atoms with E-state index in [1.54, 1.807) is 42.6 Å². The fourth-order valence-electron chi connectivity index (χ4n) is 5.34. The third kappa shape index (κ3) is 6.59. The van der Waals surface area contributed by atoms with Crippen LogP contribution in [0.4, 0.5) is 27.6 Å². The lowest BCUT2D eigenvalue weighted by Crippen LogP contribution is -2.53. The van der Waals surface area contributed by atoms with Crippen molar-refractivity contribution >= 4 is 40.1 Å². The number of rotatable bonds is 7. The maximum Gasteiger partial charge on any atom is 0.411 e. The summed E-state index contributed by atoms with van der Waals surface area (Å²) in [6.07, 6.45) is -3.36. The van der Waals surface area contributed by atoms with E-state index in [4.69, 9.17) is 21.1 Å². The second kappa shape index (κ2) is 13.3. The Hall–Kier alpha value is -4.80. The number of ether oxygens (including phenoxy) is 2. The number of anilines is 1. The lowest BCUT2D eigenvalue weighted by Gasteiger charge is -2.38. The highest BCUT2D eigenvalue weighted by Gasteiger charge is 2.46. The van der Waals surface area contributed by atoms with Gasteiger partial charge in [-0.3, -0.25) is 9.78 Å². The second-order valence-electron chi connectivity index (χ2n) is 10.3. The van der Waals surface area contributed by atoms with Crippen molar-refractivity contribution < 1.29 is 41.0 Å². The summed E-state index contributed by atoms with van der Waals surface area (Å²) in [5.74, 6) is -5.05. The van der Waals surface area contributed by atoms with Crippen LogP contribution in [0.5, 0.6) is 0 Å². The zero-order valence-corrected chi connectivity index (χ0v) is 24.8. The summed E-state index contributed by atoms with van der Waals surface area (Å²) >= 11 is 6.44. The third-order valence-corrected chi connectivity index (χ3v) is 7.87. The number of amides is 1. The van der Waals surface area contributed by atoms with E-state index in [1.807, 2.05) is 6.07 Å². The van der Waals surface area contributed by atoms with Gasteiger partial charge in [0.1, 0.15) is 29.3 Å². The molecule has 1 saturated heterocycles. The Kier molecular flexibility index (Phi) is 9.41. The zero-order valence-electron chi connectivity index (χ0n) is 24.0. The minimum Gasteiger partial charge on any atom is -0.467 e. The fourth-order valence-corrected chi connectivity index (χ4v) is 5.62. The number of hydrogen-bond acceptors (Lipinski definition) is 7. The molecule has 3 aromatic carbocycles. The van der Waals surface area contributed by atoms with E-state index in [1.165, 1.54) is 6.07 Å². The molecule has 46 heavy (non-hydrogen) atoms. The monoisotopic (exact) mass is 658 g/mol. The molecule has 0 radical (unpaired) electrons. The first-order valence-electron chi connectivity index (χ1n) is 13.8. The van der Waals surface area contributed by atoms with Gasteiger partial charge in [0, 0.05) is 46.4 Å². The molecule has 4 aromatic rings. The van der Waals surface area contributed by atoms with Gasteiger partial charge in [-0.1, -0.05) is 35.9 Å². The summed E-state index contributed by atoms with van der Waals surface area (Å²) < 4.78 is 80.7. The number of hydrogen-bond donors (Lipinski definition) is 1. The Bertz CT molecular complexity index is 1840. The van der Waals surface area contributed by atoms with Crippen LogP contribution in [0.3, 0.4) is 0 Å². The second-order valence-corrected chi connectivity index (χ2v) is 10.7. The summed E-state index contributed by atoms with van der Waals surface area (Å²) in [4.78, 5) is 31.1. The van der Waals surface area contributed by atoms with Crippen LogP contribution in [0.1, 0.15) is 21.5 Å². The van der Waals surface area contributed by atoms with Crippen LogP contribution in [0.2, 0.25) is 5.02 Å². The van der Waals surface area contributed by atoms with Crippen molar-refractivity contribution in [1.82, 2.24) is 10.3 Å². The molecular weight excluding hydrogens is 635 g/mol. The van der Waals surface area contributed by atoms with Crippen molar-refractivity contribution in [3.63, 3.8) is 0 Å². The van der Waals surface area contributed by atoms with Gasteiger partial charge in [-0.15, -0.1) is 0 Å². The van der Waals surface area contributed by atoms with Gasteiger partial charge in [0.15, 0.2) is 0 Å². The van der Waals surface area contributed by atoms with Crippen LogP contribution >= 0.6 is 11.6 Å². The van der Waals surface area contributed by atoms with Gasteiger partial charge in [-0.25, -0.2) is 13.6 Å². The van der Waals surface area contributed by atoms with Gasteiger partial charge in [0.25, 0.3) is 5.91 Å². The van der Waals surface area contributed by atoms with E-state index in [-0.39, 0.29) is 19.6 Å². The largest absolute Gasteiger partial charge is 0.467 e. The number of nitrogens with one attached hydrogen (secondary N) is 1. The van der Waals surface area contributed by atoms with E-state index in [0.29, 0.717) is 50.3 Å². The Morgan fingerprint density at radius 3 is 2.52 bits per heavy atom. The Labute approximate surface area is 264 Å². The summed E-state index contributed by atoms with van der Waals surface area (Å²) in [6, 6.07) is 11.3. The maximum absolute atomic E-state index is 15.2. The molecule has 14 heteroatoms. The van der Waals surface area contributed by atoms with Gasteiger partial charge < -0.3 is 19.7 Å². The summed E-state index contributed by atoms with van der Waals surface area (Å²) in [7, 11) is 1.08. The van der Waals surface area contributed by atoms with Gasteiger partial charge in [0.05, 0.1) is 37.5 Å². The molecule has 0 spiro atoms.